The number of halogens is 1. The minimum Gasteiger partial charge on any atom is -0.489 e. The van der Waals surface area contributed by atoms with Crippen LogP contribution >= 0.6 is 15.9 Å². The first-order valence-corrected chi connectivity index (χ1v) is 8.98. The monoisotopic (exact) mass is 362 g/mol. The molecule has 1 aromatic carbocycles. The molecular formula is C18H23BrN2O. The molecule has 118 valence electrons. The normalized spacial score (nSPS) is 20.0. The Hall–Kier alpha value is -1.29. The Morgan fingerprint density at radius 3 is 2.86 bits per heavy atom. The summed E-state index contributed by atoms with van der Waals surface area (Å²) in [5.41, 5.74) is 0.927. The number of hydrogen-bond donors (Lipinski definition) is 0. The van der Waals surface area contributed by atoms with Crippen molar-refractivity contribution in [1.29, 1.82) is 0 Å². The number of para-hydroxylation sites is 1. The summed E-state index contributed by atoms with van der Waals surface area (Å²) in [6, 6.07) is 7.97. The van der Waals surface area contributed by atoms with Crippen LogP contribution in [0.15, 0.2) is 45.7 Å². The van der Waals surface area contributed by atoms with Crippen molar-refractivity contribution in [2.45, 2.75) is 32.1 Å². The molecule has 1 aliphatic carbocycles. The zero-order valence-electron chi connectivity index (χ0n) is 12.9. The van der Waals surface area contributed by atoms with Crippen molar-refractivity contribution in [1.82, 2.24) is 4.90 Å². The first kappa shape index (κ1) is 15.6. The zero-order valence-corrected chi connectivity index (χ0v) is 14.5. The fraction of sp³-hybridized carbons (Fsp3) is 0.500. The van der Waals surface area contributed by atoms with Gasteiger partial charge in [0.2, 0.25) is 0 Å². The van der Waals surface area contributed by atoms with Crippen LogP contribution < -0.4 is 0 Å². The van der Waals surface area contributed by atoms with E-state index in [-0.39, 0.29) is 0 Å². The summed E-state index contributed by atoms with van der Waals surface area (Å²) in [6.45, 7) is 2.90. The molecule has 3 rings (SSSR count). The summed E-state index contributed by atoms with van der Waals surface area (Å²) in [4.78, 5) is 6.92. The lowest BCUT2D eigenvalue weighted by molar-refractivity contribution is 0.142. The van der Waals surface area contributed by atoms with Gasteiger partial charge >= 0.3 is 0 Å². The third-order valence-electron chi connectivity index (χ3n) is 4.36. The maximum atomic E-state index is 5.71. The molecule has 0 N–H and O–H groups in total. The van der Waals surface area contributed by atoms with Gasteiger partial charge in [0.1, 0.15) is 6.61 Å². The minimum absolute atomic E-state index is 0.751. The van der Waals surface area contributed by atoms with E-state index < -0.39 is 0 Å². The van der Waals surface area contributed by atoms with Gasteiger partial charge in [-0.3, -0.25) is 4.99 Å². The fourth-order valence-electron chi connectivity index (χ4n) is 3.17. The number of hydrogen-bond acceptors (Lipinski definition) is 3. The second-order valence-electron chi connectivity index (χ2n) is 6.09. The van der Waals surface area contributed by atoms with Gasteiger partial charge in [0.05, 0.1) is 18.4 Å². The van der Waals surface area contributed by atoms with Crippen LogP contribution in [0.5, 0.6) is 0 Å². The lowest BCUT2D eigenvalue weighted by Gasteiger charge is -2.31. The van der Waals surface area contributed by atoms with Crippen molar-refractivity contribution in [3.05, 3.63) is 40.7 Å². The van der Waals surface area contributed by atoms with E-state index in [9.17, 15) is 0 Å². The molecule has 1 heterocycles. The molecular weight excluding hydrogens is 340 g/mol. The van der Waals surface area contributed by atoms with E-state index in [4.69, 9.17) is 4.74 Å². The van der Waals surface area contributed by atoms with E-state index in [1.165, 1.54) is 32.1 Å². The SMILES string of the molecule is Brc1ccccc1N=CC1=CN(CC2CCCCC2)CCO1. The average Bonchev–Trinajstić information content (AvgIpc) is 2.55. The van der Waals surface area contributed by atoms with Crippen LogP contribution in [0.4, 0.5) is 5.69 Å². The first-order chi connectivity index (χ1) is 10.8. The third kappa shape index (κ3) is 4.35. The van der Waals surface area contributed by atoms with Gasteiger partial charge in [0, 0.05) is 17.2 Å². The van der Waals surface area contributed by atoms with E-state index in [2.05, 4.69) is 32.0 Å². The largest absolute Gasteiger partial charge is 0.489 e. The number of nitrogens with zero attached hydrogens (tertiary/aromatic N) is 2. The summed E-state index contributed by atoms with van der Waals surface area (Å²) in [7, 11) is 0. The highest BCUT2D eigenvalue weighted by molar-refractivity contribution is 9.10. The molecule has 0 aromatic heterocycles. The van der Waals surface area contributed by atoms with Crippen molar-refractivity contribution in [3.8, 4) is 0 Å². The Balaban J connectivity index is 1.61. The molecule has 0 radical (unpaired) electrons. The highest BCUT2D eigenvalue weighted by Crippen LogP contribution is 2.26. The van der Waals surface area contributed by atoms with E-state index in [1.54, 1.807) is 0 Å². The molecule has 1 saturated carbocycles. The van der Waals surface area contributed by atoms with E-state index in [0.717, 1.165) is 41.5 Å². The van der Waals surface area contributed by atoms with Crippen LogP contribution in [0.1, 0.15) is 32.1 Å². The number of rotatable bonds is 4. The van der Waals surface area contributed by atoms with Crippen molar-refractivity contribution in [3.63, 3.8) is 0 Å². The minimum atomic E-state index is 0.751. The van der Waals surface area contributed by atoms with Crippen molar-refractivity contribution >= 4 is 27.8 Å². The number of ether oxygens (including phenoxy) is 1. The Labute approximate surface area is 141 Å². The van der Waals surface area contributed by atoms with Gasteiger partial charge in [0.15, 0.2) is 5.76 Å². The molecule has 0 spiro atoms. The van der Waals surface area contributed by atoms with Crippen LogP contribution in [0.25, 0.3) is 0 Å². The summed E-state index contributed by atoms with van der Waals surface area (Å²) < 4.78 is 6.72. The maximum absolute atomic E-state index is 5.71. The number of aliphatic imine (C=N–C) groups is 1. The summed E-state index contributed by atoms with van der Waals surface area (Å²) >= 11 is 3.51. The van der Waals surface area contributed by atoms with Gasteiger partial charge in [-0.1, -0.05) is 31.4 Å². The Morgan fingerprint density at radius 1 is 1.23 bits per heavy atom. The van der Waals surface area contributed by atoms with Crippen LogP contribution in [0.3, 0.4) is 0 Å². The highest BCUT2D eigenvalue weighted by atomic mass is 79.9. The molecule has 0 atom stereocenters. The van der Waals surface area contributed by atoms with Crippen LogP contribution in [0.2, 0.25) is 0 Å². The average molecular weight is 363 g/mol. The van der Waals surface area contributed by atoms with Gasteiger partial charge in [-0.15, -0.1) is 0 Å². The quantitative estimate of drug-likeness (QED) is 0.711. The van der Waals surface area contributed by atoms with Gasteiger partial charge in [-0.05, 0) is 46.8 Å². The number of benzene rings is 1. The van der Waals surface area contributed by atoms with Crippen molar-refractivity contribution in [2.75, 3.05) is 19.7 Å². The Morgan fingerprint density at radius 2 is 2.05 bits per heavy atom. The highest BCUT2D eigenvalue weighted by Gasteiger charge is 2.18. The zero-order chi connectivity index (χ0) is 15.2. The fourth-order valence-corrected chi connectivity index (χ4v) is 3.56. The molecule has 0 unspecified atom stereocenters. The predicted octanol–water partition coefficient (Wildman–Crippen LogP) is 4.91. The predicted molar refractivity (Wildman–Crippen MR) is 94.5 cm³/mol. The molecule has 0 amide bonds. The Kier molecular flexibility index (Phi) is 5.54. The van der Waals surface area contributed by atoms with Gasteiger partial charge < -0.3 is 9.64 Å². The summed E-state index contributed by atoms with van der Waals surface area (Å²) in [5, 5.41) is 0. The second kappa shape index (κ2) is 7.82. The van der Waals surface area contributed by atoms with Gasteiger partial charge in [0.25, 0.3) is 0 Å². The first-order valence-electron chi connectivity index (χ1n) is 8.18. The molecule has 0 saturated heterocycles. The van der Waals surface area contributed by atoms with E-state index >= 15 is 0 Å². The molecule has 22 heavy (non-hydrogen) atoms. The van der Waals surface area contributed by atoms with Gasteiger partial charge in [-0.25, -0.2) is 0 Å². The lowest BCUT2D eigenvalue weighted by atomic mass is 9.89. The second-order valence-corrected chi connectivity index (χ2v) is 6.94. The van der Waals surface area contributed by atoms with Crippen molar-refractivity contribution < 1.29 is 4.74 Å². The summed E-state index contributed by atoms with van der Waals surface area (Å²) in [5.74, 6) is 1.71. The molecule has 3 nitrogen and oxygen atoms in total. The molecule has 1 fully saturated rings. The van der Waals surface area contributed by atoms with Crippen LogP contribution in [-0.2, 0) is 4.74 Å². The molecule has 1 aromatic rings. The molecule has 1 aliphatic heterocycles. The van der Waals surface area contributed by atoms with E-state index in [0.29, 0.717) is 0 Å². The molecule has 0 bridgehead atoms. The van der Waals surface area contributed by atoms with Crippen LogP contribution in [0, 0.1) is 5.92 Å². The number of allylic oxidation sites excluding steroid dienone is 1. The summed E-state index contributed by atoms with van der Waals surface area (Å²) in [6.07, 6.45) is 10.9. The maximum Gasteiger partial charge on any atom is 0.153 e. The molecule has 2 aliphatic rings. The third-order valence-corrected chi connectivity index (χ3v) is 5.03. The topological polar surface area (TPSA) is 24.8 Å². The lowest BCUT2D eigenvalue weighted by Crippen LogP contribution is -2.32. The van der Waals surface area contributed by atoms with E-state index in [1.807, 2.05) is 30.5 Å². The van der Waals surface area contributed by atoms with Gasteiger partial charge in [-0.2, -0.15) is 0 Å². The van der Waals surface area contributed by atoms with Crippen molar-refractivity contribution in [2.24, 2.45) is 10.9 Å². The standard InChI is InChI=1S/C18H23BrN2O/c19-17-8-4-5-9-18(17)20-12-16-14-21(10-11-22-16)13-15-6-2-1-3-7-15/h4-5,8-9,12,14-15H,1-3,6-7,10-11,13H2. The Bertz CT molecular complexity index is 550. The molecule has 4 heteroatoms. The smallest absolute Gasteiger partial charge is 0.153 e. The van der Waals surface area contributed by atoms with Crippen LogP contribution in [-0.4, -0.2) is 30.8 Å².